The molecule has 1 amide bonds. The second-order valence-electron chi connectivity index (χ2n) is 6.94. The summed E-state index contributed by atoms with van der Waals surface area (Å²) in [6.45, 7) is 0. The number of nitrogen functional groups attached to an aromatic ring is 1. The highest BCUT2D eigenvalue weighted by molar-refractivity contribution is 7.19. The molecule has 2 aromatic heterocycles. The van der Waals surface area contributed by atoms with Crippen LogP contribution in [0.15, 0.2) is 28.8 Å². The van der Waals surface area contributed by atoms with Crippen molar-refractivity contribution in [3.05, 3.63) is 34.3 Å². The lowest BCUT2D eigenvalue weighted by molar-refractivity contribution is 0.209. The van der Waals surface area contributed by atoms with Gasteiger partial charge in [-0.05, 0) is 12.1 Å². The van der Waals surface area contributed by atoms with Gasteiger partial charge in [0, 0.05) is 23.4 Å². The highest BCUT2D eigenvalue weighted by Crippen LogP contribution is 2.42. The van der Waals surface area contributed by atoms with E-state index in [0.29, 0.717) is 38.5 Å². The minimum atomic E-state index is -1.29. The summed E-state index contributed by atoms with van der Waals surface area (Å²) in [5, 5.41) is 19.0. The summed E-state index contributed by atoms with van der Waals surface area (Å²) >= 11 is 13.5. The fourth-order valence-corrected chi connectivity index (χ4v) is 4.51. The van der Waals surface area contributed by atoms with Gasteiger partial charge >= 0.3 is 6.09 Å². The van der Waals surface area contributed by atoms with Gasteiger partial charge in [-0.1, -0.05) is 39.7 Å². The topological polar surface area (TPSA) is 167 Å². The molecule has 12 nitrogen and oxygen atoms in total. The van der Waals surface area contributed by atoms with Gasteiger partial charge in [-0.3, -0.25) is 5.32 Å². The van der Waals surface area contributed by atoms with Gasteiger partial charge in [-0.2, -0.15) is 4.98 Å². The molecule has 4 aromatic rings. The van der Waals surface area contributed by atoms with E-state index in [0.717, 1.165) is 0 Å². The molecule has 0 aliphatic heterocycles. The summed E-state index contributed by atoms with van der Waals surface area (Å²) in [7, 11) is 4.54. The van der Waals surface area contributed by atoms with Crippen molar-refractivity contribution < 1.29 is 28.6 Å². The van der Waals surface area contributed by atoms with Crippen molar-refractivity contribution in [1.29, 1.82) is 0 Å². The first-order chi connectivity index (χ1) is 17.2. The lowest BCUT2D eigenvalue weighted by atomic mass is 10.2. The predicted molar refractivity (Wildman–Crippen MR) is 136 cm³/mol. The van der Waals surface area contributed by atoms with Crippen molar-refractivity contribution in [1.82, 2.24) is 15.1 Å². The quantitative estimate of drug-likeness (QED) is 0.214. The van der Waals surface area contributed by atoms with Gasteiger partial charge in [-0.25, -0.2) is 9.78 Å². The highest BCUT2D eigenvalue weighted by atomic mass is 35.5. The molecule has 0 saturated heterocycles. The Morgan fingerprint density at radius 2 is 1.75 bits per heavy atom. The third-order valence-electron chi connectivity index (χ3n) is 4.73. The fourth-order valence-electron chi connectivity index (χ4n) is 3.17. The van der Waals surface area contributed by atoms with Crippen LogP contribution in [0.4, 0.5) is 27.1 Å². The number of hydrogen-bond acceptors (Lipinski definition) is 11. The van der Waals surface area contributed by atoms with Crippen molar-refractivity contribution in [3.8, 4) is 39.4 Å². The van der Waals surface area contributed by atoms with E-state index >= 15 is 0 Å². The van der Waals surface area contributed by atoms with Gasteiger partial charge in [0.2, 0.25) is 11.6 Å². The summed E-state index contributed by atoms with van der Waals surface area (Å²) in [6.07, 6.45) is -1.29. The minimum Gasteiger partial charge on any atom is -0.493 e. The molecule has 0 spiro atoms. The Kier molecular flexibility index (Phi) is 7.24. The van der Waals surface area contributed by atoms with Gasteiger partial charge in [0.05, 0.1) is 37.1 Å². The van der Waals surface area contributed by atoms with Crippen molar-refractivity contribution >= 4 is 63.0 Å². The molecule has 36 heavy (non-hydrogen) atoms. The van der Waals surface area contributed by atoms with Crippen molar-refractivity contribution in [2.24, 2.45) is 0 Å². The zero-order chi connectivity index (χ0) is 26.0. The van der Waals surface area contributed by atoms with E-state index in [1.54, 1.807) is 12.1 Å². The molecule has 0 aliphatic rings. The molecule has 2 aromatic carbocycles. The van der Waals surface area contributed by atoms with Crippen LogP contribution in [-0.2, 0) is 0 Å². The number of carbonyl (C=O) groups is 1. The third kappa shape index (κ3) is 5.03. The van der Waals surface area contributed by atoms with Gasteiger partial charge in [-0.15, -0.1) is 0 Å². The highest BCUT2D eigenvalue weighted by Gasteiger charge is 2.21. The number of nitrogens with zero attached hydrogens (tertiary/aromatic N) is 3. The molecular weight excluding hydrogens is 535 g/mol. The average Bonchev–Trinajstić information content (AvgIpc) is 3.46. The monoisotopic (exact) mass is 552 g/mol. The van der Waals surface area contributed by atoms with E-state index in [1.165, 1.54) is 44.8 Å². The average molecular weight is 553 g/mol. The number of amides is 1. The second kappa shape index (κ2) is 10.4. The van der Waals surface area contributed by atoms with E-state index in [-0.39, 0.29) is 33.3 Å². The standard InChI is InChI=1S/C21H18Cl2N6O6S/c1-32-13-4-8(5-14(33-2)15(13)34-3)25-20-27-17(24)16(36-20)19-28-18(29-35-19)9-6-12(26-21(30)31)11(23)7-10(9)22/h4-7,26H,24H2,1-3H3,(H,25,27)(H,30,31). The number of anilines is 4. The molecule has 5 N–H and O–H groups in total. The van der Waals surface area contributed by atoms with Crippen LogP contribution in [0.5, 0.6) is 17.2 Å². The zero-order valence-electron chi connectivity index (χ0n) is 18.9. The van der Waals surface area contributed by atoms with Crippen LogP contribution in [-0.4, -0.2) is 47.7 Å². The largest absolute Gasteiger partial charge is 0.493 e. The lowest BCUT2D eigenvalue weighted by Gasteiger charge is -2.14. The Hall–Kier alpha value is -3.94. The van der Waals surface area contributed by atoms with Crippen LogP contribution in [0, 0.1) is 0 Å². The van der Waals surface area contributed by atoms with E-state index in [4.69, 9.17) is 52.8 Å². The zero-order valence-corrected chi connectivity index (χ0v) is 21.2. The first-order valence-electron chi connectivity index (χ1n) is 9.90. The molecule has 188 valence electrons. The van der Waals surface area contributed by atoms with Gasteiger partial charge in [0.15, 0.2) is 16.6 Å². The number of nitrogens with one attached hydrogen (secondary N) is 2. The van der Waals surface area contributed by atoms with E-state index in [1.807, 2.05) is 0 Å². The number of carboxylic acid groups (broad SMARTS) is 1. The number of rotatable bonds is 8. The number of benzene rings is 2. The normalized spacial score (nSPS) is 10.7. The molecule has 2 heterocycles. The number of thiazole rings is 1. The van der Waals surface area contributed by atoms with Crippen LogP contribution < -0.4 is 30.6 Å². The van der Waals surface area contributed by atoms with Crippen LogP contribution in [0.3, 0.4) is 0 Å². The number of halogens is 2. The Bertz CT molecular complexity index is 1420. The van der Waals surface area contributed by atoms with Crippen LogP contribution in [0.2, 0.25) is 10.0 Å². The number of ether oxygens (including phenoxy) is 3. The minimum absolute atomic E-state index is 0.0942. The van der Waals surface area contributed by atoms with E-state index < -0.39 is 6.09 Å². The molecule has 0 aliphatic carbocycles. The van der Waals surface area contributed by atoms with Crippen molar-refractivity contribution in [3.63, 3.8) is 0 Å². The second-order valence-corrected chi connectivity index (χ2v) is 8.75. The van der Waals surface area contributed by atoms with Gasteiger partial charge in [0.1, 0.15) is 10.7 Å². The van der Waals surface area contributed by atoms with Gasteiger partial charge < -0.3 is 34.9 Å². The number of methoxy groups -OCH3 is 3. The summed E-state index contributed by atoms with van der Waals surface area (Å²) < 4.78 is 21.5. The summed E-state index contributed by atoms with van der Waals surface area (Å²) in [5.41, 5.74) is 7.14. The van der Waals surface area contributed by atoms with Crippen molar-refractivity contribution in [2.45, 2.75) is 0 Å². The molecule has 15 heteroatoms. The maximum atomic E-state index is 11.0. The predicted octanol–water partition coefficient (Wildman–Crippen LogP) is 5.61. The van der Waals surface area contributed by atoms with Crippen LogP contribution in [0.1, 0.15) is 0 Å². The Morgan fingerprint density at radius 3 is 2.36 bits per heavy atom. The summed E-state index contributed by atoms with van der Waals surface area (Å²) in [4.78, 5) is 20.1. The maximum Gasteiger partial charge on any atom is 0.409 e. The molecule has 0 atom stereocenters. The molecule has 0 saturated carbocycles. The number of hydrogen-bond donors (Lipinski definition) is 4. The van der Waals surface area contributed by atoms with E-state index in [2.05, 4.69) is 25.8 Å². The van der Waals surface area contributed by atoms with E-state index in [9.17, 15) is 4.79 Å². The molecule has 0 unspecified atom stereocenters. The number of aromatic nitrogens is 3. The smallest absolute Gasteiger partial charge is 0.409 e. The molecule has 0 radical (unpaired) electrons. The van der Waals surface area contributed by atoms with Crippen molar-refractivity contribution in [2.75, 3.05) is 37.7 Å². The summed E-state index contributed by atoms with van der Waals surface area (Å²) in [6, 6.07) is 6.21. The van der Waals surface area contributed by atoms with Crippen LogP contribution >= 0.6 is 34.5 Å². The SMILES string of the molecule is COc1cc(Nc2nc(N)c(-c3nc(-c4cc(NC(=O)O)c(Cl)cc4Cl)no3)s2)cc(OC)c1OC. The van der Waals surface area contributed by atoms with Gasteiger partial charge in [0.25, 0.3) is 5.89 Å². The molecule has 0 fully saturated rings. The lowest BCUT2D eigenvalue weighted by Crippen LogP contribution is -2.07. The first-order valence-corrected chi connectivity index (χ1v) is 11.5. The maximum absolute atomic E-state index is 11.0. The molecular formula is C21H18Cl2N6O6S. The molecule has 4 rings (SSSR count). The van der Waals surface area contributed by atoms with Crippen LogP contribution in [0.25, 0.3) is 22.2 Å². The summed E-state index contributed by atoms with van der Waals surface area (Å²) in [5.74, 6) is 1.72. The Labute approximate surface area is 217 Å². The number of nitrogens with two attached hydrogens (primary N) is 1. The molecule has 0 bridgehead atoms. The fraction of sp³-hybridized carbons (Fsp3) is 0.143. The third-order valence-corrected chi connectivity index (χ3v) is 6.33. The Balaban J connectivity index is 1.63. The first kappa shape index (κ1) is 25.2. The Morgan fingerprint density at radius 1 is 1.06 bits per heavy atom.